The summed E-state index contributed by atoms with van der Waals surface area (Å²) in [5.41, 5.74) is -3.78. The van der Waals surface area contributed by atoms with E-state index in [1.54, 1.807) is 13.0 Å². The second kappa shape index (κ2) is 5.23. The minimum absolute atomic E-state index is 0.0108. The summed E-state index contributed by atoms with van der Waals surface area (Å²) in [6, 6.07) is 5.87. The molecule has 2 aliphatic rings. The van der Waals surface area contributed by atoms with Gasteiger partial charge in [-0.25, -0.2) is 0 Å². The number of aliphatic imine (C=N–C) groups is 1. The lowest BCUT2D eigenvalue weighted by molar-refractivity contribution is -0.157. The lowest BCUT2D eigenvalue weighted by atomic mass is 9.55. The van der Waals surface area contributed by atoms with Crippen molar-refractivity contribution in [2.24, 2.45) is 4.99 Å². The van der Waals surface area contributed by atoms with Gasteiger partial charge in [0.05, 0.1) is 12.0 Å². The van der Waals surface area contributed by atoms with Crippen LogP contribution in [0.4, 0.5) is 26.3 Å². The first-order chi connectivity index (χ1) is 11.0. The number of rotatable bonds is 1. The maximum Gasteiger partial charge on any atom is 0.433 e. The lowest BCUT2D eigenvalue weighted by Gasteiger charge is -2.53. The highest BCUT2D eigenvalue weighted by Crippen LogP contribution is 2.56. The van der Waals surface area contributed by atoms with Gasteiger partial charge in [-0.2, -0.15) is 26.3 Å². The highest BCUT2D eigenvalue weighted by molar-refractivity contribution is 6.07. The van der Waals surface area contributed by atoms with E-state index in [9.17, 15) is 26.3 Å². The van der Waals surface area contributed by atoms with Crippen molar-refractivity contribution in [3.05, 3.63) is 35.4 Å². The number of alkyl halides is 6. The lowest BCUT2D eigenvalue weighted by Crippen LogP contribution is -2.57. The molecule has 1 nitrogen and oxygen atoms in total. The molecule has 132 valence electrons. The molecule has 1 heterocycles. The van der Waals surface area contributed by atoms with Gasteiger partial charge in [0.25, 0.3) is 0 Å². The Morgan fingerprint density at radius 2 is 1.62 bits per heavy atom. The fourth-order valence-corrected chi connectivity index (χ4v) is 4.28. The van der Waals surface area contributed by atoms with Crippen LogP contribution in [0.15, 0.2) is 29.3 Å². The fraction of sp³-hybridized carbons (Fsp3) is 0.588. The molecule has 0 aromatic heterocycles. The average molecular weight is 349 g/mol. The first-order valence-corrected chi connectivity index (χ1v) is 7.82. The van der Waals surface area contributed by atoms with Gasteiger partial charge in [-0.15, -0.1) is 0 Å². The Kier molecular flexibility index (Phi) is 3.77. The predicted molar refractivity (Wildman–Crippen MR) is 78.3 cm³/mol. The van der Waals surface area contributed by atoms with E-state index in [0.717, 1.165) is 0 Å². The van der Waals surface area contributed by atoms with Crippen LogP contribution in [-0.4, -0.2) is 23.6 Å². The Morgan fingerprint density at radius 3 is 2.25 bits per heavy atom. The van der Waals surface area contributed by atoms with E-state index < -0.39 is 35.4 Å². The molecule has 0 bridgehead atoms. The molecule has 0 amide bonds. The quantitative estimate of drug-likeness (QED) is 0.588. The summed E-state index contributed by atoms with van der Waals surface area (Å²) in [4.78, 5) is 3.78. The Hall–Kier alpha value is -1.53. The molecule has 7 heteroatoms. The van der Waals surface area contributed by atoms with Gasteiger partial charge < -0.3 is 0 Å². The van der Waals surface area contributed by atoms with Gasteiger partial charge in [-0.3, -0.25) is 4.99 Å². The SMILES string of the molecule is CC12CCCCC1(CC(F)(F)F)N=C(C(F)(F)F)c1ccccc12. The molecule has 1 fully saturated rings. The molecule has 0 N–H and O–H groups in total. The van der Waals surface area contributed by atoms with Crippen molar-refractivity contribution in [1.29, 1.82) is 0 Å². The summed E-state index contributed by atoms with van der Waals surface area (Å²) in [7, 11) is 0. The molecule has 1 aromatic rings. The molecule has 3 rings (SSSR count). The fourth-order valence-electron chi connectivity index (χ4n) is 4.28. The van der Waals surface area contributed by atoms with Crippen LogP contribution in [-0.2, 0) is 5.41 Å². The Bertz CT molecular complexity index is 674. The van der Waals surface area contributed by atoms with Gasteiger partial charge in [-0.1, -0.05) is 44.0 Å². The topological polar surface area (TPSA) is 12.4 Å². The second-order valence-corrected chi connectivity index (χ2v) is 6.87. The van der Waals surface area contributed by atoms with E-state index in [1.165, 1.54) is 18.2 Å². The molecule has 0 spiro atoms. The third kappa shape index (κ3) is 2.62. The smallest absolute Gasteiger partial charge is 0.272 e. The Labute approximate surface area is 135 Å². The van der Waals surface area contributed by atoms with Gasteiger partial charge in [0.15, 0.2) is 0 Å². The molecule has 2 atom stereocenters. The third-order valence-electron chi connectivity index (χ3n) is 5.41. The van der Waals surface area contributed by atoms with Crippen LogP contribution >= 0.6 is 0 Å². The molecule has 1 aliphatic carbocycles. The standard InChI is InChI=1S/C17H17F6N/c1-14-8-4-5-9-15(14,10-16(18,19)20)24-13(17(21,22)23)11-6-2-3-7-12(11)14/h2-3,6-7H,4-5,8-10H2,1H3. The minimum atomic E-state index is -4.78. The number of hydrogen-bond donors (Lipinski definition) is 0. The van der Waals surface area contributed by atoms with Crippen molar-refractivity contribution < 1.29 is 26.3 Å². The summed E-state index contributed by atoms with van der Waals surface area (Å²) < 4.78 is 80.2. The number of halogens is 6. The maximum atomic E-state index is 13.5. The van der Waals surface area contributed by atoms with Crippen molar-refractivity contribution in [3.8, 4) is 0 Å². The van der Waals surface area contributed by atoms with Crippen molar-refractivity contribution >= 4 is 5.71 Å². The Balaban J connectivity index is 2.28. The van der Waals surface area contributed by atoms with Crippen LogP contribution in [0.1, 0.15) is 50.2 Å². The number of fused-ring (bicyclic) bond motifs is 3. The maximum absolute atomic E-state index is 13.5. The highest BCUT2D eigenvalue weighted by Gasteiger charge is 2.60. The van der Waals surface area contributed by atoms with Crippen molar-refractivity contribution in [2.45, 2.75) is 62.3 Å². The monoisotopic (exact) mass is 349 g/mol. The van der Waals surface area contributed by atoms with Crippen LogP contribution in [0.25, 0.3) is 0 Å². The van der Waals surface area contributed by atoms with Gasteiger partial charge in [0.2, 0.25) is 0 Å². The van der Waals surface area contributed by atoms with Gasteiger partial charge in [0.1, 0.15) is 5.71 Å². The summed E-state index contributed by atoms with van der Waals surface area (Å²) in [6.07, 6.45) is -9.15. The molecule has 0 saturated heterocycles. The first-order valence-electron chi connectivity index (χ1n) is 7.82. The van der Waals surface area contributed by atoms with Gasteiger partial charge in [0, 0.05) is 11.0 Å². The van der Waals surface area contributed by atoms with E-state index in [1.807, 2.05) is 0 Å². The molecular formula is C17H17F6N. The second-order valence-electron chi connectivity index (χ2n) is 6.87. The van der Waals surface area contributed by atoms with Gasteiger partial charge >= 0.3 is 12.4 Å². The predicted octanol–water partition coefficient (Wildman–Crippen LogP) is 5.57. The van der Waals surface area contributed by atoms with Crippen LogP contribution in [0.5, 0.6) is 0 Å². The number of hydrogen-bond acceptors (Lipinski definition) is 1. The summed E-state index contributed by atoms with van der Waals surface area (Å²) >= 11 is 0. The number of nitrogens with zero attached hydrogens (tertiary/aromatic N) is 1. The minimum Gasteiger partial charge on any atom is -0.272 e. The molecule has 2 unspecified atom stereocenters. The van der Waals surface area contributed by atoms with Crippen molar-refractivity contribution in [2.75, 3.05) is 0 Å². The van der Waals surface area contributed by atoms with Crippen LogP contribution in [0.2, 0.25) is 0 Å². The largest absolute Gasteiger partial charge is 0.433 e. The number of benzene rings is 1. The van der Waals surface area contributed by atoms with Crippen LogP contribution < -0.4 is 0 Å². The third-order valence-corrected chi connectivity index (χ3v) is 5.41. The average Bonchev–Trinajstić information content (AvgIpc) is 2.45. The van der Waals surface area contributed by atoms with Gasteiger partial charge in [-0.05, 0) is 18.4 Å². The van der Waals surface area contributed by atoms with E-state index in [-0.39, 0.29) is 12.0 Å². The normalized spacial score (nSPS) is 30.4. The van der Waals surface area contributed by atoms with Crippen molar-refractivity contribution in [3.63, 3.8) is 0 Å². The first kappa shape index (κ1) is 17.3. The molecule has 24 heavy (non-hydrogen) atoms. The summed E-state index contributed by atoms with van der Waals surface area (Å²) in [5, 5.41) is 0. The molecular weight excluding hydrogens is 332 g/mol. The zero-order valence-electron chi connectivity index (χ0n) is 13.1. The van der Waals surface area contributed by atoms with Crippen LogP contribution in [0.3, 0.4) is 0 Å². The summed E-state index contributed by atoms with van der Waals surface area (Å²) in [6.45, 7) is 1.63. The van der Waals surface area contributed by atoms with E-state index in [0.29, 0.717) is 24.8 Å². The Morgan fingerprint density at radius 1 is 1.00 bits per heavy atom. The van der Waals surface area contributed by atoms with E-state index >= 15 is 0 Å². The zero-order valence-corrected chi connectivity index (χ0v) is 13.1. The van der Waals surface area contributed by atoms with E-state index in [2.05, 4.69) is 4.99 Å². The molecule has 1 aromatic carbocycles. The highest BCUT2D eigenvalue weighted by atomic mass is 19.4. The molecule has 1 aliphatic heterocycles. The van der Waals surface area contributed by atoms with E-state index in [4.69, 9.17) is 0 Å². The molecule has 1 saturated carbocycles. The van der Waals surface area contributed by atoms with Crippen LogP contribution in [0, 0.1) is 0 Å². The molecule has 0 radical (unpaired) electrons. The summed E-state index contributed by atoms with van der Waals surface area (Å²) in [5.74, 6) is 0. The zero-order chi connectivity index (χ0) is 17.8. The van der Waals surface area contributed by atoms with Crippen molar-refractivity contribution in [1.82, 2.24) is 0 Å².